The summed E-state index contributed by atoms with van der Waals surface area (Å²) in [5, 5.41) is 43.7. The molecule has 0 aliphatic heterocycles. The molecule has 0 bridgehead atoms. The highest BCUT2D eigenvalue weighted by Gasteiger charge is 2.44. The lowest BCUT2D eigenvalue weighted by atomic mass is 9.76. The third kappa shape index (κ3) is 9.51. The van der Waals surface area contributed by atoms with Gasteiger partial charge < -0.3 is 20.0 Å². The van der Waals surface area contributed by atoms with Gasteiger partial charge in [-0.3, -0.25) is 35.1 Å². The summed E-state index contributed by atoms with van der Waals surface area (Å²) in [5.74, 6) is -3.28. The van der Waals surface area contributed by atoms with E-state index in [2.05, 4.69) is 15.7 Å². The van der Waals surface area contributed by atoms with Crippen molar-refractivity contribution in [3.63, 3.8) is 0 Å². The molecule has 4 N–H and O–H groups in total. The van der Waals surface area contributed by atoms with Gasteiger partial charge >= 0.3 is 5.97 Å². The standard InChI is InChI=1S/C28H46N4O11/c33-27(25-12-7-22(32(38)39)14-26(25)28(34)35)29-19-2-8-23(9-3-19)43-24-10-4-20(5-11-24)30-41-15-17-1-6-21(31(36)37)13-18(17)16-42-40/h17-26,30,40H,1-16H2,(H,29,33)(H,34,35). The monoisotopic (exact) mass is 614 g/mol. The topological polar surface area (TPSA) is 213 Å². The fourth-order valence-corrected chi connectivity index (χ4v) is 7.45. The van der Waals surface area contributed by atoms with Crippen LogP contribution in [0.2, 0.25) is 0 Å². The van der Waals surface area contributed by atoms with Crippen molar-refractivity contribution in [2.24, 2.45) is 23.7 Å². The number of carbonyl (C=O) groups is 2. The predicted molar refractivity (Wildman–Crippen MR) is 150 cm³/mol. The van der Waals surface area contributed by atoms with E-state index in [9.17, 15) is 34.9 Å². The zero-order valence-corrected chi connectivity index (χ0v) is 24.6. The van der Waals surface area contributed by atoms with Gasteiger partial charge in [0.05, 0.1) is 37.3 Å². The van der Waals surface area contributed by atoms with Crippen LogP contribution >= 0.6 is 0 Å². The van der Waals surface area contributed by atoms with Crippen LogP contribution in [0, 0.1) is 43.9 Å². The second-order valence-electron chi connectivity index (χ2n) is 12.9. The Morgan fingerprint density at radius 2 is 1.30 bits per heavy atom. The van der Waals surface area contributed by atoms with Crippen LogP contribution in [0.25, 0.3) is 0 Å². The number of rotatable bonds is 13. The molecule has 4 aliphatic rings. The first-order chi connectivity index (χ1) is 20.6. The van der Waals surface area contributed by atoms with Crippen LogP contribution in [0.15, 0.2) is 0 Å². The van der Waals surface area contributed by atoms with Crippen LogP contribution in [-0.4, -0.2) is 81.7 Å². The van der Waals surface area contributed by atoms with E-state index in [1.54, 1.807) is 0 Å². The Hall–Kier alpha value is -2.46. The second-order valence-corrected chi connectivity index (χ2v) is 12.9. The molecule has 0 radical (unpaired) electrons. The van der Waals surface area contributed by atoms with E-state index in [1.807, 2.05) is 0 Å². The Morgan fingerprint density at radius 3 is 1.88 bits per heavy atom. The molecular formula is C28H46N4O11. The van der Waals surface area contributed by atoms with Crippen molar-refractivity contribution in [1.82, 2.24) is 10.8 Å². The number of hydroxylamine groups is 1. The number of hydrogen-bond acceptors (Lipinski definition) is 11. The zero-order chi connectivity index (χ0) is 30.9. The molecule has 15 nitrogen and oxygen atoms in total. The molecule has 4 rings (SSSR count). The van der Waals surface area contributed by atoms with Gasteiger partial charge in [0.25, 0.3) is 0 Å². The number of carbonyl (C=O) groups excluding carboxylic acids is 1. The second kappa shape index (κ2) is 16.0. The zero-order valence-electron chi connectivity index (χ0n) is 24.6. The Bertz CT molecular complexity index is 955. The fourth-order valence-electron chi connectivity index (χ4n) is 7.45. The lowest BCUT2D eigenvalue weighted by Crippen LogP contribution is -2.48. The number of hydrogen-bond donors (Lipinski definition) is 4. The van der Waals surface area contributed by atoms with E-state index in [0.717, 1.165) is 51.4 Å². The summed E-state index contributed by atoms with van der Waals surface area (Å²) in [7, 11) is 0. The summed E-state index contributed by atoms with van der Waals surface area (Å²) < 4.78 is 6.39. The van der Waals surface area contributed by atoms with Gasteiger partial charge in [-0.15, -0.1) is 0 Å². The molecule has 0 spiro atoms. The van der Waals surface area contributed by atoms with Crippen LogP contribution in [0.5, 0.6) is 0 Å². The Kier molecular flexibility index (Phi) is 12.5. The van der Waals surface area contributed by atoms with E-state index in [-0.39, 0.29) is 72.8 Å². The smallest absolute Gasteiger partial charge is 0.307 e. The van der Waals surface area contributed by atoms with Gasteiger partial charge in [-0.25, -0.2) is 4.89 Å². The van der Waals surface area contributed by atoms with Gasteiger partial charge in [0, 0.05) is 47.6 Å². The van der Waals surface area contributed by atoms with Crippen molar-refractivity contribution in [2.75, 3.05) is 13.2 Å². The molecule has 0 aromatic heterocycles. The molecule has 43 heavy (non-hydrogen) atoms. The molecule has 4 saturated carbocycles. The SMILES string of the molecule is O=C(O)C1CC([N+](=O)[O-])CCC1C(=O)NC1CCC(OC2CCC(NOCC3CCC([N+](=O)[O-])CC3COO)CC2)CC1. The number of carboxylic acid groups (broad SMARTS) is 1. The van der Waals surface area contributed by atoms with Gasteiger partial charge in [0.2, 0.25) is 18.0 Å². The lowest BCUT2D eigenvalue weighted by Gasteiger charge is -2.36. The molecule has 0 saturated heterocycles. The summed E-state index contributed by atoms with van der Waals surface area (Å²) in [6.07, 6.45) is 8.80. The molecule has 244 valence electrons. The van der Waals surface area contributed by atoms with E-state index < -0.39 is 34.8 Å². The highest BCUT2D eigenvalue weighted by molar-refractivity contribution is 5.85. The summed E-state index contributed by atoms with van der Waals surface area (Å²) in [6, 6.07) is -1.37. The van der Waals surface area contributed by atoms with Gasteiger partial charge in [-0.2, -0.15) is 5.48 Å². The molecule has 6 unspecified atom stereocenters. The van der Waals surface area contributed by atoms with Gasteiger partial charge in [0.15, 0.2) is 0 Å². The number of nitrogens with zero attached hydrogens (tertiary/aromatic N) is 2. The van der Waals surface area contributed by atoms with Crippen LogP contribution in [0.4, 0.5) is 0 Å². The van der Waals surface area contributed by atoms with Gasteiger partial charge in [-0.05, 0) is 76.0 Å². The third-order valence-electron chi connectivity index (χ3n) is 10.1. The molecule has 0 heterocycles. The highest BCUT2D eigenvalue weighted by atomic mass is 17.1. The highest BCUT2D eigenvalue weighted by Crippen LogP contribution is 2.34. The Morgan fingerprint density at radius 1 is 0.721 bits per heavy atom. The largest absolute Gasteiger partial charge is 0.481 e. The quantitative estimate of drug-likeness (QED) is 0.134. The number of nitrogens with one attached hydrogen (secondary N) is 2. The molecule has 15 heteroatoms. The summed E-state index contributed by atoms with van der Waals surface area (Å²) in [6.45, 7) is 0.471. The number of ether oxygens (including phenoxy) is 1. The predicted octanol–water partition coefficient (Wildman–Crippen LogP) is 2.96. The van der Waals surface area contributed by atoms with E-state index in [0.29, 0.717) is 25.9 Å². The van der Waals surface area contributed by atoms with Crippen LogP contribution in [0.1, 0.15) is 89.9 Å². The first kappa shape index (κ1) is 33.4. The maximum Gasteiger partial charge on any atom is 0.307 e. The maximum absolute atomic E-state index is 12.9. The van der Waals surface area contributed by atoms with Crippen molar-refractivity contribution < 1.29 is 44.3 Å². The Balaban J connectivity index is 1.10. The first-order valence-corrected chi connectivity index (χ1v) is 15.7. The summed E-state index contributed by atoms with van der Waals surface area (Å²) in [5.41, 5.74) is 3.16. The molecule has 4 fully saturated rings. The van der Waals surface area contributed by atoms with Crippen molar-refractivity contribution in [3.8, 4) is 0 Å². The normalized spacial score (nSPS) is 36.9. The summed E-state index contributed by atoms with van der Waals surface area (Å²) in [4.78, 5) is 56.3. The minimum atomic E-state index is -1.15. The molecule has 1 amide bonds. The average molecular weight is 615 g/mol. The molecule has 0 aromatic rings. The number of amides is 1. The average Bonchev–Trinajstić information content (AvgIpc) is 2.99. The van der Waals surface area contributed by atoms with Crippen LogP contribution < -0.4 is 10.8 Å². The van der Waals surface area contributed by atoms with Gasteiger partial charge in [0.1, 0.15) is 0 Å². The molecular weight excluding hydrogens is 568 g/mol. The molecule has 0 aromatic carbocycles. The molecule has 6 atom stereocenters. The maximum atomic E-state index is 12.9. The van der Waals surface area contributed by atoms with Crippen molar-refractivity contribution in [3.05, 3.63) is 20.2 Å². The van der Waals surface area contributed by atoms with Crippen LogP contribution in [-0.2, 0) is 24.1 Å². The van der Waals surface area contributed by atoms with Gasteiger partial charge in [-0.1, -0.05) is 0 Å². The van der Waals surface area contributed by atoms with E-state index in [4.69, 9.17) is 14.8 Å². The number of carboxylic acids is 1. The van der Waals surface area contributed by atoms with Crippen molar-refractivity contribution >= 4 is 11.9 Å². The van der Waals surface area contributed by atoms with Crippen molar-refractivity contribution in [1.29, 1.82) is 0 Å². The first-order valence-electron chi connectivity index (χ1n) is 15.7. The van der Waals surface area contributed by atoms with Crippen LogP contribution in [0.3, 0.4) is 0 Å². The third-order valence-corrected chi connectivity index (χ3v) is 10.1. The minimum Gasteiger partial charge on any atom is -0.481 e. The molecule has 4 aliphatic carbocycles. The Labute approximate surface area is 250 Å². The number of nitro groups is 2. The lowest BCUT2D eigenvalue weighted by molar-refractivity contribution is -0.529. The van der Waals surface area contributed by atoms with E-state index in [1.165, 1.54) is 0 Å². The summed E-state index contributed by atoms with van der Waals surface area (Å²) >= 11 is 0. The van der Waals surface area contributed by atoms with Crippen molar-refractivity contribution in [2.45, 2.75) is 126 Å². The van der Waals surface area contributed by atoms with E-state index >= 15 is 0 Å². The minimum absolute atomic E-state index is 0.0507. The number of aliphatic carboxylic acids is 1. The fraction of sp³-hybridized carbons (Fsp3) is 0.929.